The molecule has 1 amide bonds. The molecule has 0 fully saturated rings. The summed E-state index contributed by atoms with van der Waals surface area (Å²) in [5.74, 6) is -0.0701. The molecule has 4 nitrogen and oxygen atoms in total. The summed E-state index contributed by atoms with van der Waals surface area (Å²) >= 11 is 0. The van der Waals surface area contributed by atoms with Gasteiger partial charge >= 0.3 is 0 Å². The number of carbonyl (C=O) groups excluding carboxylic acids is 1. The number of hydrogen-bond acceptors (Lipinski definition) is 3. The lowest BCUT2D eigenvalue weighted by atomic mass is 10.0. The predicted molar refractivity (Wildman–Crippen MR) is 84.1 cm³/mol. The molecule has 20 heavy (non-hydrogen) atoms. The van der Waals surface area contributed by atoms with E-state index in [9.17, 15) is 4.79 Å². The molecule has 0 aromatic carbocycles. The second-order valence-electron chi connectivity index (χ2n) is 5.06. The van der Waals surface area contributed by atoms with Crippen LogP contribution in [-0.4, -0.2) is 23.5 Å². The summed E-state index contributed by atoms with van der Waals surface area (Å²) in [6.07, 6.45) is 7.13. The lowest BCUT2D eigenvalue weighted by Gasteiger charge is -2.17. The molecule has 4 heteroatoms. The fraction of sp³-hybridized carbons (Fsp3) is 0.625. The molecule has 1 heterocycles. The molecule has 0 bridgehead atoms. The molecule has 0 aliphatic rings. The van der Waals surface area contributed by atoms with Gasteiger partial charge in [-0.1, -0.05) is 33.1 Å². The van der Waals surface area contributed by atoms with Gasteiger partial charge in [0.2, 0.25) is 0 Å². The second kappa shape index (κ2) is 9.34. The Kier molecular flexibility index (Phi) is 7.70. The minimum absolute atomic E-state index is 0.0701. The van der Waals surface area contributed by atoms with E-state index in [1.54, 1.807) is 6.20 Å². The van der Waals surface area contributed by atoms with Crippen molar-refractivity contribution in [2.45, 2.75) is 58.9 Å². The number of unbranched alkanes of at least 4 members (excludes halogenated alkanes) is 1. The molecule has 1 aromatic rings. The highest BCUT2D eigenvalue weighted by Crippen LogP contribution is 2.10. The summed E-state index contributed by atoms with van der Waals surface area (Å²) in [5, 5.41) is 6.30. The van der Waals surface area contributed by atoms with Crippen molar-refractivity contribution in [3.63, 3.8) is 0 Å². The van der Waals surface area contributed by atoms with Crippen molar-refractivity contribution in [1.82, 2.24) is 10.3 Å². The Hall–Kier alpha value is -1.58. The molecule has 1 atom stereocenters. The van der Waals surface area contributed by atoms with E-state index < -0.39 is 0 Å². The SMILES string of the molecule is CCCCC(CCC)NC(=O)c1cc(NCC)ccn1. The highest BCUT2D eigenvalue weighted by Gasteiger charge is 2.14. The largest absolute Gasteiger partial charge is 0.385 e. The zero-order valence-electron chi connectivity index (χ0n) is 12.9. The summed E-state index contributed by atoms with van der Waals surface area (Å²) in [6, 6.07) is 3.94. The number of pyridine rings is 1. The third kappa shape index (κ3) is 5.59. The van der Waals surface area contributed by atoms with E-state index in [1.165, 1.54) is 0 Å². The quantitative estimate of drug-likeness (QED) is 0.725. The van der Waals surface area contributed by atoms with Gasteiger partial charge in [0.1, 0.15) is 5.69 Å². The lowest BCUT2D eigenvalue weighted by Crippen LogP contribution is -2.35. The molecule has 0 aliphatic carbocycles. The Bertz CT molecular complexity index is 406. The first-order valence-corrected chi connectivity index (χ1v) is 7.72. The highest BCUT2D eigenvalue weighted by atomic mass is 16.1. The van der Waals surface area contributed by atoms with Gasteiger partial charge in [-0.3, -0.25) is 9.78 Å². The highest BCUT2D eigenvalue weighted by molar-refractivity contribution is 5.93. The third-order valence-corrected chi connectivity index (χ3v) is 3.25. The number of rotatable bonds is 9. The van der Waals surface area contributed by atoms with E-state index in [-0.39, 0.29) is 11.9 Å². The van der Waals surface area contributed by atoms with Crippen LogP contribution in [0.15, 0.2) is 18.3 Å². The van der Waals surface area contributed by atoms with E-state index in [2.05, 4.69) is 29.5 Å². The van der Waals surface area contributed by atoms with Crippen LogP contribution >= 0.6 is 0 Å². The first-order valence-electron chi connectivity index (χ1n) is 7.72. The van der Waals surface area contributed by atoms with E-state index in [0.29, 0.717) is 5.69 Å². The van der Waals surface area contributed by atoms with Crippen LogP contribution < -0.4 is 10.6 Å². The standard InChI is InChI=1S/C16H27N3O/c1-4-7-9-13(8-5-2)19-16(20)15-12-14(17-6-3)10-11-18-15/h10-13H,4-9H2,1-3H3,(H,17,18)(H,19,20). The molecule has 1 unspecified atom stereocenters. The van der Waals surface area contributed by atoms with Gasteiger partial charge in [0.05, 0.1) is 0 Å². The first kappa shape index (κ1) is 16.5. The maximum absolute atomic E-state index is 12.2. The normalized spacial score (nSPS) is 11.9. The third-order valence-electron chi connectivity index (χ3n) is 3.25. The van der Waals surface area contributed by atoms with E-state index in [4.69, 9.17) is 0 Å². The number of hydrogen-bond donors (Lipinski definition) is 2. The molecule has 1 rings (SSSR count). The number of amides is 1. The molecule has 0 saturated heterocycles. The molecule has 0 radical (unpaired) electrons. The van der Waals surface area contributed by atoms with Crippen LogP contribution in [0.4, 0.5) is 5.69 Å². The van der Waals surface area contributed by atoms with Gasteiger partial charge in [-0.05, 0) is 31.9 Å². The Balaban J connectivity index is 2.64. The van der Waals surface area contributed by atoms with Crippen LogP contribution in [0.1, 0.15) is 63.4 Å². The van der Waals surface area contributed by atoms with Crippen molar-refractivity contribution >= 4 is 11.6 Å². The summed E-state index contributed by atoms with van der Waals surface area (Å²) < 4.78 is 0. The number of nitrogens with zero attached hydrogens (tertiary/aromatic N) is 1. The minimum Gasteiger partial charge on any atom is -0.385 e. The van der Waals surface area contributed by atoms with Gasteiger partial charge < -0.3 is 10.6 Å². The second-order valence-corrected chi connectivity index (χ2v) is 5.06. The molecular formula is C16H27N3O. The topological polar surface area (TPSA) is 54.0 Å². The number of carbonyl (C=O) groups is 1. The fourth-order valence-electron chi connectivity index (χ4n) is 2.22. The van der Waals surface area contributed by atoms with Gasteiger partial charge in [-0.2, -0.15) is 0 Å². The number of anilines is 1. The smallest absolute Gasteiger partial charge is 0.270 e. The summed E-state index contributed by atoms with van der Waals surface area (Å²) in [6.45, 7) is 7.18. The van der Waals surface area contributed by atoms with Crippen LogP contribution in [0.3, 0.4) is 0 Å². The maximum atomic E-state index is 12.2. The maximum Gasteiger partial charge on any atom is 0.270 e. The summed E-state index contributed by atoms with van der Waals surface area (Å²) in [5.41, 5.74) is 1.43. The van der Waals surface area contributed by atoms with Gasteiger partial charge in [-0.15, -0.1) is 0 Å². The van der Waals surface area contributed by atoms with Crippen LogP contribution in [0.5, 0.6) is 0 Å². The van der Waals surface area contributed by atoms with Gasteiger partial charge in [-0.25, -0.2) is 0 Å². The summed E-state index contributed by atoms with van der Waals surface area (Å²) in [4.78, 5) is 16.4. The molecule has 2 N–H and O–H groups in total. The van der Waals surface area contributed by atoms with Crippen molar-refractivity contribution in [3.8, 4) is 0 Å². The van der Waals surface area contributed by atoms with Crippen molar-refractivity contribution < 1.29 is 4.79 Å². The van der Waals surface area contributed by atoms with Gasteiger partial charge in [0, 0.05) is 24.5 Å². The van der Waals surface area contributed by atoms with Crippen LogP contribution in [0.25, 0.3) is 0 Å². The van der Waals surface area contributed by atoms with E-state index >= 15 is 0 Å². The molecule has 1 aromatic heterocycles. The van der Waals surface area contributed by atoms with Crippen LogP contribution in [-0.2, 0) is 0 Å². The van der Waals surface area contributed by atoms with Crippen molar-refractivity contribution in [2.24, 2.45) is 0 Å². The average Bonchev–Trinajstić information content (AvgIpc) is 2.45. The predicted octanol–water partition coefficient (Wildman–Crippen LogP) is 3.60. The average molecular weight is 277 g/mol. The lowest BCUT2D eigenvalue weighted by molar-refractivity contribution is 0.0927. The fourth-order valence-corrected chi connectivity index (χ4v) is 2.22. The number of aromatic nitrogens is 1. The van der Waals surface area contributed by atoms with Crippen LogP contribution in [0, 0.1) is 0 Å². The Morgan fingerprint density at radius 3 is 2.70 bits per heavy atom. The minimum atomic E-state index is -0.0701. The molecule has 0 spiro atoms. The van der Waals surface area contributed by atoms with Crippen molar-refractivity contribution in [3.05, 3.63) is 24.0 Å². The Labute approximate surface area is 122 Å². The van der Waals surface area contributed by atoms with Crippen molar-refractivity contribution in [1.29, 1.82) is 0 Å². The van der Waals surface area contributed by atoms with Crippen LogP contribution in [0.2, 0.25) is 0 Å². The first-order chi connectivity index (χ1) is 9.71. The summed E-state index contributed by atoms with van der Waals surface area (Å²) in [7, 11) is 0. The Morgan fingerprint density at radius 1 is 1.25 bits per heavy atom. The van der Waals surface area contributed by atoms with Crippen molar-refractivity contribution in [2.75, 3.05) is 11.9 Å². The van der Waals surface area contributed by atoms with Gasteiger partial charge in [0.25, 0.3) is 5.91 Å². The zero-order chi connectivity index (χ0) is 14.8. The molecular weight excluding hydrogens is 250 g/mol. The molecule has 0 aliphatic heterocycles. The van der Waals surface area contributed by atoms with E-state index in [1.807, 2.05) is 19.1 Å². The molecule has 0 saturated carbocycles. The van der Waals surface area contributed by atoms with E-state index in [0.717, 1.165) is 44.3 Å². The Morgan fingerprint density at radius 2 is 2.05 bits per heavy atom. The zero-order valence-corrected chi connectivity index (χ0v) is 12.9. The number of nitrogens with one attached hydrogen (secondary N) is 2. The van der Waals surface area contributed by atoms with Gasteiger partial charge in [0.15, 0.2) is 0 Å². The monoisotopic (exact) mass is 277 g/mol. The molecule has 112 valence electrons.